The number of methoxy groups -OCH3 is 1. The highest BCUT2D eigenvalue weighted by Gasteiger charge is 2.51. The van der Waals surface area contributed by atoms with E-state index in [1.165, 1.54) is 22.5 Å². The van der Waals surface area contributed by atoms with Gasteiger partial charge in [-0.15, -0.1) is 0 Å². The van der Waals surface area contributed by atoms with Crippen molar-refractivity contribution in [3.8, 4) is 5.75 Å². The van der Waals surface area contributed by atoms with Gasteiger partial charge in [-0.2, -0.15) is 0 Å². The summed E-state index contributed by atoms with van der Waals surface area (Å²) >= 11 is 0. The molecule has 3 heterocycles. The summed E-state index contributed by atoms with van der Waals surface area (Å²) in [5.74, 6) is 0.878. The Morgan fingerprint density at radius 2 is 1.62 bits per heavy atom. The predicted molar refractivity (Wildman–Crippen MR) is 137 cm³/mol. The molecule has 3 aliphatic heterocycles. The van der Waals surface area contributed by atoms with E-state index in [0.717, 1.165) is 50.6 Å². The van der Waals surface area contributed by atoms with Crippen LogP contribution in [0.5, 0.6) is 5.75 Å². The zero-order valence-electron chi connectivity index (χ0n) is 21.0. The maximum atomic E-state index is 6.33. The Morgan fingerprint density at radius 1 is 0.941 bits per heavy atom. The molecule has 0 radical (unpaired) electrons. The fraction of sp³-hybridized carbons (Fsp3) is 0.481. The third kappa shape index (κ3) is 4.44. The Labute approximate surface area is 203 Å². The van der Waals surface area contributed by atoms with Crippen molar-refractivity contribution in [2.45, 2.75) is 45.4 Å². The number of anilines is 1. The van der Waals surface area contributed by atoms with Crippen LogP contribution in [0.3, 0.4) is 0 Å². The Kier molecular flexibility index (Phi) is 6.13. The van der Waals surface area contributed by atoms with Crippen LogP contribution in [0.25, 0.3) is 6.08 Å². The molecule has 34 heavy (non-hydrogen) atoms. The van der Waals surface area contributed by atoms with Crippen LogP contribution < -0.4 is 15.1 Å². The summed E-state index contributed by atoms with van der Waals surface area (Å²) in [5.41, 5.74) is 5.36. The third-order valence-corrected chi connectivity index (χ3v) is 7.54. The number of rotatable bonds is 5. The van der Waals surface area contributed by atoms with Gasteiger partial charge in [-0.3, -0.25) is 0 Å². The number of benzene rings is 2. The van der Waals surface area contributed by atoms with Crippen molar-refractivity contribution < 1.29 is 18.8 Å². The SMILES string of the molecule is COc1ccc(CN2CC(N3CCOCC3)=Cc3cc(B4OC(C)(C)C(C)(C)O4)ccc32)cc1. The van der Waals surface area contributed by atoms with Gasteiger partial charge in [0.05, 0.1) is 38.1 Å². The summed E-state index contributed by atoms with van der Waals surface area (Å²) in [6.45, 7) is 13.5. The van der Waals surface area contributed by atoms with Crippen molar-refractivity contribution in [1.82, 2.24) is 4.90 Å². The quantitative estimate of drug-likeness (QED) is 0.632. The molecule has 0 atom stereocenters. The van der Waals surface area contributed by atoms with E-state index in [0.29, 0.717) is 0 Å². The van der Waals surface area contributed by atoms with Crippen LogP contribution in [0.2, 0.25) is 0 Å². The smallest absolute Gasteiger partial charge is 0.494 e. The first-order valence-electron chi connectivity index (χ1n) is 12.2. The van der Waals surface area contributed by atoms with Gasteiger partial charge in [-0.25, -0.2) is 0 Å². The number of hydrogen-bond donors (Lipinski definition) is 0. The number of ether oxygens (including phenoxy) is 2. The predicted octanol–water partition coefficient (Wildman–Crippen LogP) is 3.69. The van der Waals surface area contributed by atoms with Crippen molar-refractivity contribution in [1.29, 1.82) is 0 Å². The molecule has 5 rings (SSSR count). The van der Waals surface area contributed by atoms with Crippen molar-refractivity contribution in [2.75, 3.05) is 44.9 Å². The second-order valence-corrected chi connectivity index (χ2v) is 10.3. The summed E-state index contributed by atoms with van der Waals surface area (Å²) in [7, 11) is 1.33. The van der Waals surface area contributed by atoms with Gasteiger partial charge in [0.1, 0.15) is 5.75 Å². The summed E-state index contributed by atoms with van der Waals surface area (Å²) in [4.78, 5) is 4.91. The van der Waals surface area contributed by atoms with Gasteiger partial charge >= 0.3 is 7.12 Å². The monoisotopic (exact) mass is 462 g/mol. The maximum Gasteiger partial charge on any atom is 0.494 e. The molecule has 2 aromatic rings. The molecule has 0 aliphatic carbocycles. The van der Waals surface area contributed by atoms with Crippen molar-refractivity contribution in [2.24, 2.45) is 0 Å². The second-order valence-electron chi connectivity index (χ2n) is 10.3. The topological polar surface area (TPSA) is 43.4 Å². The lowest BCUT2D eigenvalue weighted by Crippen LogP contribution is -2.41. The van der Waals surface area contributed by atoms with E-state index in [2.05, 4.69) is 73.9 Å². The molecule has 6 nitrogen and oxygen atoms in total. The lowest BCUT2D eigenvalue weighted by atomic mass is 9.77. The molecule has 0 bridgehead atoms. The van der Waals surface area contributed by atoms with E-state index in [1.807, 2.05) is 12.1 Å². The minimum atomic E-state index is -0.368. The lowest BCUT2D eigenvalue weighted by Gasteiger charge is -2.38. The van der Waals surface area contributed by atoms with Gasteiger partial charge in [0.15, 0.2) is 0 Å². The summed E-state index contributed by atoms with van der Waals surface area (Å²) < 4.78 is 23.6. The van der Waals surface area contributed by atoms with Crippen molar-refractivity contribution in [3.05, 3.63) is 59.3 Å². The van der Waals surface area contributed by atoms with Gasteiger partial charge in [0, 0.05) is 31.0 Å². The number of hydrogen-bond acceptors (Lipinski definition) is 6. The first-order chi connectivity index (χ1) is 16.3. The Balaban J connectivity index is 1.46. The minimum absolute atomic E-state index is 0.358. The molecule has 0 spiro atoms. The molecule has 2 saturated heterocycles. The molecule has 180 valence electrons. The van der Waals surface area contributed by atoms with E-state index < -0.39 is 0 Å². The van der Waals surface area contributed by atoms with Gasteiger partial charge in [0.25, 0.3) is 0 Å². The van der Waals surface area contributed by atoms with Crippen molar-refractivity contribution >= 4 is 24.3 Å². The Hall–Kier alpha value is -2.48. The maximum absolute atomic E-state index is 6.33. The molecule has 7 heteroatoms. The average molecular weight is 462 g/mol. The van der Waals surface area contributed by atoms with Crippen LogP contribution in [-0.4, -0.2) is 63.2 Å². The largest absolute Gasteiger partial charge is 0.497 e. The highest BCUT2D eigenvalue weighted by molar-refractivity contribution is 6.62. The van der Waals surface area contributed by atoms with E-state index in [9.17, 15) is 0 Å². The molecular formula is C27H35BN2O4. The molecule has 0 N–H and O–H groups in total. The molecule has 3 aliphatic rings. The first kappa shape index (κ1) is 23.3. The minimum Gasteiger partial charge on any atom is -0.497 e. The summed E-state index contributed by atoms with van der Waals surface area (Å²) in [5, 5.41) is 0. The van der Waals surface area contributed by atoms with Crippen LogP contribution in [0.4, 0.5) is 5.69 Å². The Morgan fingerprint density at radius 3 is 2.26 bits per heavy atom. The Bertz CT molecular complexity index is 1040. The van der Waals surface area contributed by atoms with Gasteiger partial charge in [0.2, 0.25) is 0 Å². The van der Waals surface area contributed by atoms with E-state index in [-0.39, 0.29) is 18.3 Å². The molecule has 0 aromatic heterocycles. The zero-order valence-corrected chi connectivity index (χ0v) is 21.0. The van der Waals surface area contributed by atoms with E-state index in [4.69, 9.17) is 18.8 Å². The van der Waals surface area contributed by atoms with Crippen LogP contribution in [0.1, 0.15) is 38.8 Å². The molecule has 2 aromatic carbocycles. The summed E-state index contributed by atoms with van der Waals surface area (Å²) in [6.07, 6.45) is 2.33. The number of nitrogens with zero attached hydrogens (tertiary/aromatic N) is 2. The van der Waals surface area contributed by atoms with Gasteiger partial charge in [-0.1, -0.05) is 24.3 Å². The molecule has 0 saturated carbocycles. The molecular weight excluding hydrogens is 427 g/mol. The highest BCUT2D eigenvalue weighted by atomic mass is 16.7. The first-order valence-corrected chi connectivity index (χ1v) is 12.2. The lowest BCUT2D eigenvalue weighted by molar-refractivity contribution is 0.00578. The van der Waals surface area contributed by atoms with Gasteiger partial charge in [-0.05, 0) is 68.6 Å². The average Bonchev–Trinajstić information content (AvgIpc) is 3.06. The molecule has 0 amide bonds. The third-order valence-electron chi connectivity index (χ3n) is 7.54. The zero-order chi connectivity index (χ0) is 23.9. The second kappa shape index (κ2) is 8.95. The molecule has 0 unspecified atom stereocenters. The van der Waals surface area contributed by atoms with Crippen LogP contribution in [0.15, 0.2) is 48.2 Å². The van der Waals surface area contributed by atoms with Crippen LogP contribution in [0, 0.1) is 0 Å². The van der Waals surface area contributed by atoms with Crippen LogP contribution in [-0.2, 0) is 20.6 Å². The van der Waals surface area contributed by atoms with E-state index >= 15 is 0 Å². The van der Waals surface area contributed by atoms with E-state index in [1.54, 1.807) is 7.11 Å². The van der Waals surface area contributed by atoms with Crippen LogP contribution >= 0.6 is 0 Å². The fourth-order valence-electron chi connectivity index (χ4n) is 4.74. The highest BCUT2D eigenvalue weighted by Crippen LogP contribution is 2.37. The summed E-state index contributed by atoms with van der Waals surface area (Å²) in [6, 6.07) is 14.9. The normalized spacial score (nSPS) is 21.3. The number of morpholine rings is 1. The fourth-order valence-corrected chi connectivity index (χ4v) is 4.74. The number of fused-ring (bicyclic) bond motifs is 1. The van der Waals surface area contributed by atoms with Gasteiger partial charge < -0.3 is 28.6 Å². The van der Waals surface area contributed by atoms with Crippen molar-refractivity contribution in [3.63, 3.8) is 0 Å². The standard InChI is InChI=1S/C27H35BN2O4/c1-26(2)27(3,4)34-28(33-26)22-8-11-25-21(16-22)17-23(29-12-14-32-15-13-29)19-30(25)18-20-6-9-24(31-5)10-7-20/h6-11,16-17H,12-15,18-19H2,1-5H3. The molecule has 2 fully saturated rings.